The second kappa shape index (κ2) is 9.06. The molecule has 0 atom stereocenters. The zero-order chi connectivity index (χ0) is 16.5. The van der Waals surface area contributed by atoms with Crippen LogP contribution in [0.1, 0.15) is 6.42 Å². The van der Waals surface area contributed by atoms with Gasteiger partial charge in [-0.1, -0.05) is 0 Å². The Hall–Kier alpha value is -2.19. The Morgan fingerprint density at radius 3 is 2.65 bits per heavy atom. The van der Waals surface area contributed by atoms with Crippen molar-refractivity contribution >= 4 is 11.6 Å². The lowest BCUT2D eigenvalue weighted by Crippen LogP contribution is -3.14. The van der Waals surface area contributed by atoms with Gasteiger partial charge in [0.2, 0.25) is 0 Å². The molecule has 8 nitrogen and oxygen atoms in total. The molecule has 1 fully saturated rings. The summed E-state index contributed by atoms with van der Waals surface area (Å²) in [4.78, 5) is 23.2. The summed E-state index contributed by atoms with van der Waals surface area (Å²) >= 11 is 0. The van der Waals surface area contributed by atoms with Gasteiger partial charge in [-0.25, -0.2) is 0 Å². The van der Waals surface area contributed by atoms with Gasteiger partial charge in [-0.05, 0) is 12.1 Å². The number of nitro groups is 1. The van der Waals surface area contributed by atoms with E-state index >= 15 is 0 Å². The van der Waals surface area contributed by atoms with Crippen molar-refractivity contribution in [1.29, 1.82) is 0 Å². The molecule has 0 saturated carbocycles. The molecule has 0 aromatic heterocycles. The topological polar surface area (TPSA) is 95.1 Å². The molecule has 0 spiro atoms. The highest BCUT2D eigenvalue weighted by atomic mass is 16.6. The van der Waals surface area contributed by atoms with Crippen molar-refractivity contribution in [3.05, 3.63) is 34.4 Å². The van der Waals surface area contributed by atoms with Gasteiger partial charge in [0.1, 0.15) is 18.8 Å². The third-order valence-corrected chi connectivity index (χ3v) is 3.65. The molecule has 0 unspecified atom stereocenters. The predicted molar refractivity (Wildman–Crippen MR) is 82.6 cm³/mol. The summed E-state index contributed by atoms with van der Waals surface area (Å²) in [5.41, 5.74) is -0.00702. The summed E-state index contributed by atoms with van der Waals surface area (Å²) in [6, 6.07) is 5.65. The van der Waals surface area contributed by atoms with Crippen LogP contribution in [0.2, 0.25) is 0 Å². The summed E-state index contributed by atoms with van der Waals surface area (Å²) in [6.07, 6.45) is 0.915. The van der Waals surface area contributed by atoms with E-state index in [0.717, 1.165) is 39.3 Å². The maximum Gasteiger partial charge on any atom is 0.269 e. The molecular formula is C15H22N3O5+. The Labute approximate surface area is 134 Å². The molecule has 1 aliphatic rings. The predicted octanol–water partition coefficient (Wildman–Crippen LogP) is -0.605. The Balaban J connectivity index is 1.58. The number of nitro benzene ring substituents is 1. The van der Waals surface area contributed by atoms with Gasteiger partial charge in [0.15, 0.2) is 6.61 Å². The number of nitrogens with zero attached hydrogens (tertiary/aromatic N) is 1. The quantitative estimate of drug-likeness (QED) is 0.378. The summed E-state index contributed by atoms with van der Waals surface area (Å²) in [6.45, 7) is 5.21. The fraction of sp³-hybridized carbons (Fsp3) is 0.533. The van der Waals surface area contributed by atoms with Crippen LogP contribution in [0.3, 0.4) is 0 Å². The SMILES string of the molecule is O=C(COc1ccc([N+](=O)[O-])cc1)NCCC[NH+]1CCOCC1. The zero-order valence-corrected chi connectivity index (χ0v) is 13.0. The highest BCUT2D eigenvalue weighted by Crippen LogP contribution is 2.16. The Morgan fingerprint density at radius 2 is 2.00 bits per heavy atom. The second-order valence-corrected chi connectivity index (χ2v) is 5.36. The molecule has 0 radical (unpaired) electrons. The number of nitrogens with one attached hydrogen (secondary N) is 2. The van der Waals surface area contributed by atoms with E-state index in [1.54, 1.807) is 0 Å². The molecule has 8 heteroatoms. The molecule has 23 heavy (non-hydrogen) atoms. The average Bonchev–Trinajstić information content (AvgIpc) is 2.58. The molecule has 1 aromatic carbocycles. The Bertz CT molecular complexity index is 514. The maximum absolute atomic E-state index is 11.7. The van der Waals surface area contributed by atoms with Gasteiger partial charge in [0, 0.05) is 25.1 Å². The van der Waals surface area contributed by atoms with Gasteiger partial charge in [-0.3, -0.25) is 14.9 Å². The average molecular weight is 324 g/mol. The van der Waals surface area contributed by atoms with Crippen LogP contribution in [-0.2, 0) is 9.53 Å². The third-order valence-electron chi connectivity index (χ3n) is 3.65. The van der Waals surface area contributed by atoms with Gasteiger partial charge in [0.05, 0.1) is 24.7 Å². The van der Waals surface area contributed by atoms with Crippen LogP contribution in [0.5, 0.6) is 5.75 Å². The lowest BCUT2D eigenvalue weighted by Gasteiger charge is -2.23. The number of amides is 1. The van der Waals surface area contributed by atoms with E-state index in [-0.39, 0.29) is 18.2 Å². The third kappa shape index (κ3) is 6.21. The van der Waals surface area contributed by atoms with E-state index in [9.17, 15) is 14.9 Å². The van der Waals surface area contributed by atoms with Crippen LogP contribution >= 0.6 is 0 Å². The summed E-state index contributed by atoms with van der Waals surface area (Å²) in [5.74, 6) is 0.240. The second-order valence-electron chi connectivity index (χ2n) is 5.36. The molecule has 126 valence electrons. The number of rotatable bonds is 8. The summed E-state index contributed by atoms with van der Waals surface area (Å²) < 4.78 is 10.6. The zero-order valence-electron chi connectivity index (χ0n) is 13.0. The van der Waals surface area contributed by atoms with E-state index in [1.807, 2.05) is 0 Å². The first-order chi connectivity index (χ1) is 11.1. The van der Waals surface area contributed by atoms with Crippen LogP contribution in [0.25, 0.3) is 0 Å². The van der Waals surface area contributed by atoms with Crippen molar-refractivity contribution in [3.8, 4) is 5.75 Å². The summed E-state index contributed by atoms with van der Waals surface area (Å²) in [7, 11) is 0. The minimum atomic E-state index is -0.479. The summed E-state index contributed by atoms with van der Waals surface area (Å²) in [5, 5.41) is 13.3. The van der Waals surface area contributed by atoms with Crippen molar-refractivity contribution in [2.75, 3.05) is 46.0 Å². The first-order valence-electron chi connectivity index (χ1n) is 7.70. The van der Waals surface area contributed by atoms with Gasteiger partial charge in [0.25, 0.3) is 11.6 Å². The van der Waals surface area contributed by atoms with E-state index < -0.39 is 4.92 Å². The highest BCUT2D eigenvalue weighted by Gasteiger charge is 2.13. The van der Waals surface area contributed by atoms with E-state index in [0.29, 0.717) is 12.3 Å². The number of non-ortho nitro benzene ring substituents is 1. The molecule has 0 bridgehead atoms. The Kier molecular flexibility index (Phi) is 6.76. The monoisotopic (exact) mass is 324 g/mol. The number of hydrogen-bond donors (Lipinski definition) is 2. The number of benzene rings is 1. The number of morpholine rings is 1. The van der Waals surface area contributed by atoms with Crippen molar-refractivity contribution < 1.29 is 24.1 Å². The number of ether oxygens (including phenoxy) is 2. The van der Waals surface area contributed by atoms with Gasteiger partial charge >= 0.3 is 0 Å². The Morgan fingerprint density at radius 1 is 1.30 bits per heavy atom. The van der Waals surface area contributed by atoms with Crippen LogP contribution in [-0.4, -0.2) is 56.8 Å². The minimum absolute atomic E-state index is 0.00702. The molecule has 1 aliphatic heterocycles. The first-order valence-corrected chi connectivity index (χ1v) is 7.70. The fourth-order valence-electron chi connectivity index (χ4n) is 2.34. The normalized spacial score (nSPS) is 15.1. The van der Waals surface area contributed by atoms with E-state index in [4.69, 9.17) is 9.47 Å². The van der Waals surface area contributed by atoms with Gasteiger partial charge in [-0.15, -0.1) is 0 Å². The van der Waals surface area contributed by atoms with Gasteiger partial charge < -0.3 is 19.7 Å². The number of quaternary nitrogens is 1. The van der Waals surface area contributed by atoms with Gasteiger partial charge in [-0.2, -0.15) is 0 Å². The van der Waals surface area contributed by atoms with Crippen molar-refractivity contribution in [2.45, 2.75) is 6.42 Å². The maximum atomic E-state index is 11.7. The molecular weight excluding hydrogens is 302 g/mol. The molecule has 1 saturated heterocycles. The van der Waals surface area contributed by atoms with Crippen molar-refractivity contribution in [3.63, 3.8) is 0 Å². The highest BCUT2D eigenvalue weighted by molar-refractivity contribution is 5.77. The van der Waals surface area contributed by atoms with Crippen molar-refractivity contribution in [1.82, 2.24) is 5.32 Å². The molecule has 0 aliphatic carbocycles. The van der Waals surface area contributed by atoms with Crippen LogP contribution in [0.4, 0.5) is 5.69 Å². The molecule has 2 rings (SSSR count). The number of carbonyl (C=O) groups excluding carboxylic acids is 1. The van der Waals surface area contributed by atoms with E-state index in [2.05, 4.69) is 5.32 Å². The number of hydrogen-bond acceptors (Lipinski definition) is 5. The van der Waals surface area contributed by atoms with Crippen LogP contribution < -0.4 is 15.0 Å². The molecule has 1 amide bonds. The lowest BCUT2D eigenvalue weighted by atomic mass is 10.3. The standard InChI is InChI=1S/C15H21N3O5/c19-15(16-6-1-7-17-8-10-22-11-9-17)12-23-14-4-2-13(3-5-14)18(20)21/h2-5H,1,6-12H2,(H,16,19)/p+1. The fourth-order valence-corrected chi connectivity index (χ4v) is 2.34. The largest absolute Gasteiger partial charge is 0.484 e. The van der Waals surface area contributed by atoms with Crippen LogP contribution in [0.15, 0.2) is 24.3 Å². The van der Waals surface area contributed by atoms with E-state index in [1.165, 1.54) is 29.2 Å². The molecule has 2 N–H and O–H groups in total. The first kappa shape index (κ1) is 17.2. The molecule has 1 heterocycles. The molecule has 1 aromatic rings. The smallest absolute Gasteiger partial charge is 0.269 e. The number of carbonyl (C=O) groups is 1. The lowest BCUT2D eigenvalue weighted by molar-refractivity contribution is -0.908. The minimum Gasteiger partial charge on any atom is -0.484 e. The van der Waals surface area contributed by atoms with Crippen molar-refractivity contribution in [2.24, 2.45) is 0 Å². The van der Waals surface area contributed by atoms with Crippen LogP contribution in [0, 0.1) is 10.1 Å².